The summed E-state index contributed by atoms with van der Waals surface area (Å²) in [5.41, 5.74) is 0. The fourth-order valence-corrected chi connectivity index (χ4v) is 1.96. The summed E-state index contributed by atoms with van der Waals surface area (Å²) in [7, 11) is 0. The van der Waals surface area contributed by atoms with Crippen LogP contribution in [0.5, 0.6) is 5.75 Å². The van der Waals surface area contributed by atoms with Gasteiger partial charge in [-0.2, -0.15) is 0 Å². The van der Waals surface area contributed by atoms with Crippen molar-refractivity contribution in [1.29, 1.82) is 0 Å². The average molecular weight is 311 g/mol. The van der Waals surface area contributed by atoms with Crippen LogP contribution in [0.25, 0.3) is 10.8 Å². The van der Waals surface area contributed by atoms with Crippen LogP contribution in [-0.2, 0) is 0 Å². The molecule has 2 aromatic rings. The summed E-state index contributed by atoms with van der Waals surface area (Å²) in [4.78, 5) is 0. The lowest BCUT2D eigenvalue weighted by molar-refractivity contribution is 0.242. The van der Waals surface area contributed by atoms with Crippen LogP contribution < -0.4 is 4.74 Å². The second-order valence-corrected chi connectivity index (χ2v) is 4.97. The molecule has 0 saturated carbocycles. The zero-order chi connectivity index (χ0) is 10.8. The highest BCUT2D eigenvalue weighted by Gasteiger charge is 2.00. The number of benzene rings is 2. The van der Waals surface area contributed by atoms with Crippen molar-refractivity contribution < 1.29 is 4.74 Å². The first kappa shape index (κ1) is 10.7. The SMILES string of the molecule is CC(C)Oc1[c]c2ccc(I)cc2cc1. The molecule has 2 rings (SSSR count). The van der Waals surface area contributed by atoms with Gasteiger partial charge in [0, 0.05) is 9.64 Å². The zero-order valence-corrected chi connectivity index (χ0v) is 10.9. The maximum atomic E-state index is 5.60. The van der Waals surface area contributed by atoms with E-state index in [2.05, 4.69) is 52.9 Å². The molecule has 0 unspecified atom stereocenters. The van der Waals surface area contributed by atoms with Gasteiger partial charge in [0.2, 0.25) is 0 Å². The van der Waals surface area contributed by atoms with Gasteiger partial charge in [0.25, 0.3) is 0 Å². The molecule has 0 aromatic heterocycles. The zero-order valence-electron chi connectivity index (χ0n) is 8.75. The van der Waals surface area contributed by atoms with Crippen LogP contribution >= 0.6 is 22.6 Å². The highest BCUT2D eigenvalue weighted by molar-refractivity contribution is 14.1. The van der Waals surface area contributed by atoms with Gasteiger partial charge in [-0.25, -0.2) is 0 Å². The maximum absolute atomic E-state index is 5.60. The lowest BCUT2D eigenvalue weighted by Crippen LogP contribution is -2.05. The van der Waals surface area contributed by atoms with Gasteiger partial charge in [-0.05, 0) is 65.4 Å². The molecule has 0 aliphatic rings. The van der Waals surface area contributed by atoms with Gasteiger partial charge in [0.15, 0.2) is 0 Å². The minimum Gasteiger partial charge on any atom is -0.490 e. The molecule has 15 heavy (non-hydrogen) atoms. The molecule has 0 atom stereocenters. The summed E-state index contributed by atoms with van der Waals surface area (Å²) in [6, 6.07) is 13.6. The highest BCUT2D eigenvalue weighted by atomic mass is 127. The molecule has 1 nitrogen and oxygen atoms in total. The Bertz CT molecular complexity index is 477. The Labute approximate surface area is 104 Å². The topological polar surface area (TPSA) is 9.23 Å². The van der Waals surface area contributed by atoms with Crippen molar-refractivity contribution in [2.24, 2.45) is 0 Å². The van der Waals surface area contributed by atoms with E-state index in [1.165, 1.54) is 8.96 Å². The second-order valence-electron chi connectivity index (χ2n) is 3.72. The van der Waals surface area contributed by atoms with E-state index in [4.69, 9.17) is 4.74 Å². The standard InChI is InChI=1S/C13H12IO/c1-9(2)15-13-6-4-10-7-12(14)5-3-11(10)8-13/h3-7,9H,1-2H3. The van der Waals surface area contributed by atoms with Gasteiger partial charge >= 0.3 is 0 Å². The van der Waals surface area contributed by atoms with E-state index < -0.39 is 0 Å². The molecule has 0 aliphatic carbocycles. The fourth-order valence-electron chi connectivity index (χ4n) is 1.45. The molecule has 77 valence electrons. The third-order valence-corrected chi connectivity index (χ3v) is 2.72. The largest absolute Gasteiger partial charge is 0.490 e. The molecule has 0 bridgehead atoms. The Balaban J connectivity index is 2.43. The second kappa shape index (κ2) is 4.39. The highest BCUT2D eigenvalue weighted by Crippen LogP contribution is 2.22. The third-order valence-electron chi connectivity index (χ3n) is 2.05. The Morgan fingerprint density at radius 3 is 2.73 bits per heavy atom. The van der Waals surface area contributed by atoms with E-state index in [0.717, 1.165) is 11.1 Å². The minimum absolute atomic E-state index is 0.197. The van der Waals surface area contributed by atoms with Gasteiger partial charge in [-0.3, -0.25) is 0 Å². The van der Waals surface area contributed by atoms with Crippen LogP contribution in [0, 0.1) is 9.64 Å². The normalized spacial score (nSPS) is 10.9. The summed E-state index contributed by atoms with van der Waals surface area (Å²) in [5, 5.41) is 2.31. The minimum atomic E-state index is 0.197. The smallest absolute Gasteiger partial charge is 0.128 e. The first-order valence-corrected chi connectivity index (χ1v) is 6.01. The Morgan fingerprint density at radius 1 is 1.20 bits per heavy atom. The molecule has 0 saturated heterocycles. The third kappa shape index (κ3) is 2.62. The lowest BCUT2D eigenvalue weighted by atomic mass is 10.1. The van der Waals surface area contributed by atoms with E-state index in [0.29, 0.717) is 0 Å². The molecule has 0 aliphatic heterocycles. The molecular weight excluding hydrogens is 299 g/mol. The first-order valence-electron chi connectivity index (χ1n) is 4.93. The Morgan fingerprint density at radius 2 is 2.00 bits per heavy atom. The number of hydrogen-bond acceptors (Lipinski definition) is 1. The van der Waals surface area contributed by atoms with Gasteiger partial charge in [0.05, 0.1) is 6.10 Å². The van der Waals surface area contributed by atoms with Crippen molar-refractivity contribution in [2.45, 2.75) is 20.0 Å². The van der Waals surface area contributed by atoms with Crippen molar-refractivity contribution in [3.8, 4) is 5.75 Å². The van der Waals surface area contributed by atoms with E-state index in [1.54, 1.807) is 0 Å². The molecule has 0 N–H and O–H groups in total. The summed E-state index contributed by atoms with van der Waals surface area (Å²) < 4.78 is 6.84. The molecule has 0 heterocycles. The van der Waals surface area contributed by atoms with Gasteiger partial charge in [-0.15, -0.1) is 0 Å². The van der Waals surface area contributed by atoms with Crippen molar-refractivity contribution >= 4 is 33.4 Å². The van der Waals surface area contributed by atoms with Crippen LogP contribution in [0.15, 0.2) is 30.3 Å². The quantitative estimate of drug-likeness (QED) is 0.761. The van der Waals surface area contributed by atoms with E-state index >= 15 is 0 Å². The van der Waals surface area contributed by atoms with Crippen LogP contribution in [0.4, 0.5) is 0 Å². The van der Waals surface area contributed by atoms with Crippen molar-refractivity contribution in [3.63, 3.8) is 0 Å². The van der Waals surface area contributed by atoms with Gasteiger partial charge < -0.3 is 4.74 Å². The van der Waals surface area contributed by atoms with Crippen molar-refractivity contribution in [1.82, 2.24) is 0 Å². The van der Waals surface area contributed by atoms with Crippen molar-refractivity contribution in [2.75, 3.05) is 0 Å². The number of halogens is 1. The summed E-state index contributed by atoms with van der Waals surface area (Å²) in [5.74, 6) is 0.818. The molecule has 0 spiro atoms. The van der Waals surface area contributed by atoms with Crippen LogP contribution in [0.1, 0.15) is 13.8 Å². The van der Waals surface area contributed by atoms with Crippen LogP contribution in [0.3, 0.4) is 0 Å². The van der Waals surface area contributed by atoms with Crippen molar-refractivity contribution in [3.05, 3.63) is 40.0 Å². The van der Waals surface area contributed by atoms with E-state index in [1.807, 2.05) is 19.9 Å². The summed E-state index contributed by atoms with van der Waals surface area (Å²) >= 11 is 2.31. The first-order chi connectivity index (χ1) is 7.15. The molecular formula is C13H12IO. The van der Waals surface area contributed by atoms with Gasteiger partial charge in [0.1, 0.15) is 5.75 Å². The molecule has 0 amide bonds. The molecule has 0 fully saturated rings. The molecule has 2 heteroatoms. The number of ether oxygens (including phenoxy) is 1. The predicted octanol–water partition coefficient (Wildman–Crippen LogP) is 4.03. The Hall–Kier alpha value is -0.770. The van der Waals surface area contributed by atoms with Crippen LogP contribution in [0.2, 0.25) is 0 Å². The van der Waals surface area contributed by atoms with Crippen LogP contribution in [-0.4, -0.2) is 6.10 Å². The number of rotatable bonds is 2. The molecule has 1 radical (unpaired) electrons. The summed E-state index contributed by atoms with van der Waals surface area (Å²) in [6.45, 7) is 4.04. The molecule has 2 aromatic carbocycles. The summed E-state index contributed by atoms with van der Waals surface area (Å²) in [6.07, 6.45) is 0.197. The average Bonchev–Trinajstić information content (AvgIpc) is 2.17. The lowest BCUT2D eigenvalue weighted by Gasteiger charge is -2.09. The van der Waals surface area contributed by atoms with E-state index in [9.17, 15) is 0 Å². The number of fused-ring (bicyclic) bond motifs is 1. The van der Waals surface area contributed by atoms with E-state index in [-0.39, 0.29) is 6.10 Å². The monoisotopic (exact) mass is 311 g/mol. The fraction of sp³-hybridized carbons (Fsp3) is 0.231. The number of hydrogen-bond donors (Lipinski definition) is 0. The predicted molar refractivity (Wildman–Crippen MR) is 71.3 cm³/mol. The maximum Gasteiger partial charge on any atom is 0.128 e. The van der Waals surface area contributed by atoms with Gasteiger partial charge in [-0.1, -0.05) is 12.1 Å². The Kier molecular flexibility index (Phi) is 3.14.